The zero-order valence-corrected chi connectivity index (χ0v) is 56.8. The van der Waals surface area contributed by atoms with E-state index in [1.165, 1.54) is 30.2 Å². The van der Waals surface area contributed by atoms with Crippen LogP contribution < -0.4 is 34.4 Å². The van der Waals surface area contributed by atoms with Crippen molar-refractivity contribution < 1.29 is 80.7 Å². The van der Waals surface area contributed by atoms with E-state index in [1.807, 2.05) is 25.7 Å². The molecule has 0 bridgehead atoms. The number of nitro groups is 1. The number of benzene rings is 3. The maximum absolute atomic E-state index is 13.8. The van der Waals surface area contributed by atoms with Crippen LogP contribution in [0.15, 0.2) is 63.8 Å². The zero-order valence-electron chi connectivity index (χ0n) is 56.8. The minimum atomic E-state index is -0.936. The number of nitro benzene ring substituents is 1. The molecule has 0 saturated heterocycles. The second kappa shape index (κ2) is 30.4. The Kier molecular flexibility index (Phi) is 24.7. The quantitative estimate of drug-likeness (QED) is 0.0102. The Hall–Kier alpha value is -7.95. The van der Waals surface area contributed by atoms with Gasteiger partial charge in [-0.05, 0) is 177 Å². The zero-order chi connectivity index (χ0) is 68.2. The smallest absolute Gasteiger partial charge is 0.347 e. The third-order valence-corrected chi connectivity index (χ3v) is 13.4. The molecule has 0 spiro atoms. The maximum Gasteiger partial charge on any atom is 0.347 e. The van der Waals surface area contributed by atoms with E-state index in [2.05, 4.69) is 0 Å². The van der Waals surface area contributed by atoms with Crippen LogP contribution in [0.2, 0.25) is 0 Å². The van der Waals surface area contributed by atoms with Crippen LogP contribution in [-0.4, -0.2) is 139 Å². The van der Waals surface area contributed by atoms with Gasteiger partial charge in [0.05, 0.1) is 48.1 Å². The molecule has 91 heavy (non-hydrogen) atoms. The van der Waals surface area contributed by atoms with E-state index in [0.717, 1.165) is 6.07 Å². The van der Waals surface area contributed by atoms with Gasteiger partial charge >= 0.3 is 35.5 Å². The highest BCUT2D eigenvalue weighted by molar-refractivity contribution is 5.98. The van der Waals surface area contributed by atoms with E-state index in [9.17, 15) is 43.7 Å². The number of ketones is 1. The lowest BCUT2D eigenvalue weighted by atomic mass is 9.82. The summed E-state index contributed by atoms with van der Waals surface area (Å²) < 4.78 is 58.3. The van der Waals surface area contributed by atoms with Crippen molar-refractivity contribution in [2.24, 2.45) is 11.3 Å². The number of anilines is 2. The van der Waals surface area contributed by atoms with Crippen molar-refractivity contribution in [1.29, 1.82) is 0 Å². The van der Waals surface area contributed by atoms with Crippen molar-refractivity contribution in [3.63, 3.8) is 0 Å². The molecule has 1 aliphatic rings. The summed E-state index contributed by atoms with van der Waals surface area (Å²) in [5.74, 6) is -2.54. The van der Waals surface area contributed by atoms with Crippen LogP contribution in [0.4, 0.5) is 17.1 Å². The molecule has 1 heterocycles. The van der Waals surface area contributed by atoms with Gasteiger partial charge in [0.2, 0.25) is 0 Å². The summed E-state index contributed by atoms with van der Waals surface area (Å²) in [6.07, 6.45) is 2.41. The van der Waals surface area contributed by atoms with Crippen LogP contribution in [0.1, 0.15) is 173 Å². The molecule has 0 amide bonds. The highest BCUT2D eigenvalue weighted by Crippen LogP contribution is 2.39. The fourth-order valence-corrected chi connectivity index (χ4v) is 10.2. The van der Waals surface area contributed by atoms with Crippen molar-refractivity contribution >= 4 is 63.7 Å². The van der Waals surface area contributed by atoms with Gasteiger partial charge in [0.1, 0.15) is 102 Å². The van der Waals surface area contributed by atoms with Gasteiger partial charge in [-0.15, -0.1) is 0 Å². The van der Waals surface area contributed by atoms with Gasteiger partial charge in [0.15, 0.2) is 5.78 Å². The van der Waals surface area contributed by atoms with E-state index in [4.69, 9.17) is 47.0 Å². The summed E-state index contributed by atoms with van der Waals surface area (Å²) in [5, 5.41) is 13.4. The first kappa shape index (κ1) is 73.8. The second-order valence-electron chi connectivity index (χ2n) is 29.1. The van der Waals surface area contributed by atoms with E-state index in [0.29, 0.717) is 54.8 Å². The summed E-state index contributed by atoms with van der Waals surface area (Å²) >= 11 is 0. The number of Topliss-reactive ketones (excluding diaryl/α,β-unsaturated/α-hetero) is 1. The number of nitrogens with zero attached hydrogens (tertiary/aromatic N) is 4. The normalized spacial score (nSPS) is 14.9. The number of hydrogen-bond donors (Lipinski definition) is 0. The van der Waals surface area contributed by atoms with Gasteiger partial charge in [-0.1, -0.05) is 20.8 Å². The standard InChI is InChI=1S/C68H96N4O19/c1-63(2,3)42-71(40-61(78)91-68(16,17)18)50-27-26-47(82-19)33-55(50)83-28-29-84-56-35-51(72(80)81)45(32-52(56)70(38-59(76)89-66(10,11)12)39-60(77)90-67(13,14)15)41-85-48-25-22-44-31-49(62(79)86-54(44)34-48)53(73)30-43-20-23-46(24-21-43)69(36-57(74)87-64(4,5)6)37-58(75)88-65(7,8)9/h22,25-27,31-35,43,46H,20-21,23-24,28-30,36-42H2,1-19H3. The number of ether oxygens (including phenoxy) is 9. The van der Waals surface area contributed by atoms with Crippen molar-refractivity contribution in [1.82, 2.24) is 4.90 Å². The Morgan fingerprint density at radius 2 is 1.01 bits per heavy atom. The number of methoxy groups -OCH3 is 1. The predicted molar refractivity (Wildman–Crippen MR) is 343 cm³/mol. The molecule has 0 atom stereocenters. The molecule has 5 rings (SSSR count). The molecular formula is C68H96N4O19. The van der Waals surface area contributed by atoms with Gasteiger partial charge in [0.25, 0.3) is 5.69 Å². The molecule has 1 aliphatic carbocycles. The number of carbonyl (C=O) groups excluding carboxylic acids is 6. The largest absolute Gasteiger partial charge is 0.497 e. The van der Waals surface area contributed by atoms with Crippen LogP contribution >= 0.6 is 0 Å². The fraction of sp³-hybridized carbons (Fsp3) is 0.603. The molecule has 4 aromatic rings. The van der Waals surface area contributed by atoms with Gasteiger partial charge in [-0.25, -0.2) is 4.79 Å². The molecule has 502 valence electrons. The highest BCUT2D eigenvalue weighted by atomic mass is 16.6. The maximum atomic E-state index is 13.8. The summed E-state index contributed by atoms with van der Waals surface area (Å²) in [6, 6.07) is 13.6. The summed E-state index contributed by atoms with van der Waals surface area (Å²) in [7, 11) is 1.50. The lowest BCUT2D eigenvalue weighted by Crippen LogP contribution is -2.46. The lowest BCUT2D eigenvalue weighted by Gasteiger charge is -2.36. The van der Waals surface area contributed by atoms with Gasteiger partial charge in [0, 0.05) is 36.5 Å². The average molecular weight is 1270 g/mol. The van der Waals surface area contributed by atoms with E-state index in [-0.39, 0.29) is 90.5 Å². The highest BCUT2D eigenvalue weighted by Gasteiger charge is 2.34. The first-order chi connectivity index (χ1) is 41.9. The molecule has 1 aromatic heterocycles. The average Bonchev–Trinajstić information content (AvgIpc) is 0.835. The molecule has 1 fully saturated rings. The SMILES string of the molecule is COc1ccc(N(CC(=O)OC(C)(C)C)CC(C)(C)C)c(OCCOc2cc([N+](=O)[O-])c(COc3ccc4cc(C(=O)CC5CCC(N(CC(=O)OC(C)(C)C)CC(=O)OC(C)(C)C)CC5)c(=O)oc4c3)cc2N(CC(=O)OC(C)(C)C)CC(=O)OC(C)(C)C)c1. The molecule has 0 radical (unpaired) electrons. The topological polar surface area (TPSA) is 269 Å². The van der Waals surface area contributed by atoms with Gasteiger partial charge in [-0.3, -0.25) is 43.8 Å². The Balaban J connectivity index is 1.42. The first-order valence-electron chi connectivity index (χ1n) is 30.7. The number of carbonyl (C=O) groups is 6. The third-order valence-electron chi connectivity index (χ3n) is 13.4. The van der Waals surface area contributed by atoms with Crippen LogP contribution in [0.5, 0.6) is 23.0 Å². The van der Waals surface area contributed by atoms with Crippen LogP contribution in [-0.2, 0) is 54.3 Å². The van der Waals surface area contributed by atoms with E-state index < -0.39 is 99.6 Å². The number of rotatable bonds is 27. The third kappa shape index (κ3) is 25.3. The minimum absolute atomic E-state index is 0.0118. The van der Waals surface area contributed by atoms with Crippen LogP contribution in [0.3, 0.4) is 0 Å². The Labute approximate surface area is 534 Å². The Morgan fingerprint density at radius 3 is 1.47 bits per heavy atom. The summed E-state index contributed by atoms with van der Waals surface area (Å²) in [4.78, 5) is 111. The molecule has 3 aromatic carbocycles. The van der Waals surface area contributed by atoms with Gasteiger partial charge in [-0.2, -0.15) is 0 Å². The van der Waals surface area contributed by atoms with E-state index in [1.54, 1.807) is 139 Å². The second-order valence-corrected chi connectivity index (χ2v) is 29.1. The van der Waals surface area contributed by atoms with E-state index >= 15 is 0 Å². The minimum Gasteiger partial charge on any atom is -0.497 e. The molecular weight excluding hydrogens is 1180 g/mol. The predicted octanol–water partition coefficient (Wildman–Crippen LogP) is 11.5. The van der Waals surface area contributed by atoms with Crippen LogP contribution in [0, 0.1) is 21.4 Å². The van der Waals surface area contributed by atoms with Crippen molar-refractivity contribution in [3.8, 4) is 23.0 Å². The van der Waals surface area contributed by atoms with Gasteiger partial charge < -0.3 is 56.8 Å². The van der Waals surface area contributed by atoms with Crippen molar-refractivity contribution in [3.05, 3.63) is 86.3 Å². The molecule has 23 heteroatoms. The van der Waals surface area contributed by atoms with Crippen LogP contribution in [0.25, 0.3) is 11.0 Å². The molecule has 0 unspecified atom stereocenters. The van der Waals surface area contributed by atoms with Crippen molar-refractivity contribution in [2.75, 3.05) is 69.4 Å². The number of esters is 5. The summed E-state index contributed by atoms with van der Waals surface area (Å²) in [6.45, 7) is 30.4. The fourth-order valence-electron chi connectivity index (χ4n) is 10.2. The number of fused-ring (bicyclic) bond motifs is 1. The molecule has 1 saturated carbocycles. The first-order valence-corrected chi connectivity index (χ1v) is 30.7. The monoisotopic (exact) mass is 1270 g/mol. The van der Waals surface area contributed by atoms with Crippen molar-refractivity contribution in [2.45, 2.75) is 197 Å². The number of hydrogen-bond acceptors (Lipinski definition) is 22. The lowest BCUT2D eigenvalue weighted by molar-refractivity contribution is -0.385. The summed E-state index contributed by atoms with van der Waals surface area (Å²) in [5.41, 5.74) is -5.11. The molecule has 0 aliphatic heterocycles. The Bertz CT molecular complexity index is 3230. The Morgan fingerprint density at radius 1 is 0.549 bits per heavy atom. The molecule has 23 nitrogen and oxygen atoms in total. The molecule has 0 N–H and O–H groups in total.